The number of hydrogen-bond acceptors (Lipinski definition) is 2. The highest BCUT2D eigenvalue weighted by molar-refractivity contribution is 9.08. The lowest BCUT2D eigenvalue weighted by Crippen LogP contribution is -2.44. The summed E-state index contributed by atoms with van der Waals surface area (Å²) in [6, 6.07) is -0.345. The second kappa shape index (κ2) is 4.82. The maximum Gasteiger partial charge on any atom is 0.348 e. The maximum atomic E-state index is 12.0. The Morgan fingerprint density at radius 3 is 1.87 bits per heavy atom. The maximum absolute atomic E-state index is 12.0. The average molecular weight is 342 g/mol. The van der Waals surface area contributed by atoms with Gasteiger partial charge < -0.3 is 0 Å². The van der Waals surface area contributed by atoms with Crippen molar-refractivity contribution in [3.05, 3.63) is 0 Å². The highest BCUT2D eigenvalue weighted by Gasteiger charge is 2.55. The van der Waals surface area contributed by atoms with E-state index in [0.717, 1.165) is 16.8 Å². The number of carbonyl (C=O) groups excluding carboxylic acids is 2. The lowest BCUT2D eigenvalue weighted by molar-refractivity contribution is -0.129. The van der Waals surface area contributed by atoms with Crippen LogP contribution in [0.5, 0.6) is 0 Å². The average Bonchev–Trinajstić information content (AvgIpc) is 2.36. The van der Waals surface area contributed by atoms with Gasteiger partial charge in [0, 0.05) is 0 Å². The van der Waals surface area contributed by atoms with Gasteiger partial charge in [-0.1, -0.05) is 26.7 Å². The Bertz CT molecular complexity index is 277. The zero-order chi connectivity index (χ0) is 11.6. The summed E-state index contributed by atoms with van der Waals surface area (Å²) < 4.78 is 2.39. The molecule has 1 rings (SSSR count). The number of carbonyl (C=O) groups is 2. The predicted molar refractivity (Wildman–Crippen MR) is 64.5 cm³/mol. The summed E-state index contributed by atoms with van der Waals surface area (Å²) in [4.78, 5) is 23.6. The molecule has 0 bridgehead atoms. The predicted octanol–water partition coefficient (Wildman–Crippen LogP) is 3.21. The summed E-state index contributed by atoms with van der Waals surface area (Å²) in [5.74, 6) is -0.173. The zero-order valence-electron chi connectivity index (χ0n) is 8.80. The van der Waals surface area contributed by atoms with Crippen LogP contribution in [0.3, 0.4) is 0 Å². The van der Waals surface area contributed by atoms with Gasteiger partial charge in [0.15, 0.2) is 0 Å². The van der Waals surface area contributed by atoms with Crippen LogP contribution < -0.4 is 0 Å². The van der Waals surface area contributed by atoms with Crippen molar-refractivity contribution in [2.45, 2.75) is 45.1 Å². The first kappa shape index (κ1) is 13.0. The molecule has 1 aliphatic rings. The number of rotatable bonds is 4. The van der Waals surface area contributed by atoms with E-state index in [0.29, 0.717) is 12.8 Å². The lowest BCUT2D eigenvalue weighted by atomic mass is 9.89. The number of imide groups is 1. The van der Waals surface area contributed by atoms with Crippen LogP contribution in [0.15, 0.2) is 0 Å². The third-order valence-electron chi connectivity index (χ3n) is 2.62. The molecule has 0 spiro atoms. The van der Waals surface area contributed by atoms with Crippen LogP contribution in [0.4, 0.5) is 4.79 Å². The molecule has 1 heterocycles. The minimum atomic E-state index is -0.704. The van der Waals surface area contributed by atoms with Gasteiger partial charge in [-0.25, -0.2) is 8.72 Å². The fraction of sp³-hybridized carbons (Fsp3) is 0.778. The van der Waals surface area contributed by atoms with Crippen molar-refractivity contribution in [3.8, 4) is 0 Å². The monoisotopic (exact) mass is 340 g/mol. The molecule has 1 saturated heterocycles. The van der Waals surface area contributed by atoms with Crippen LogP contribution in [-0.4, -0.2) is 25.3 Å². The fourth-order valence-corrected chi connectivity index (χ4v) is 3.34. The second-order valence-corrected chi connectivity index (χ2v) is 5.10. The van der Waals surface area contributed by atoms with Gasteiger partial charge in [0.05, 0.1) is 32.3 Å². The molecule has 86 valence electrons. The van der Waals surface area contributed by atoms with Crippen LogP contribution in [0.25, 0.3) is 0 Å². The summed E-state index contributed by atoms with van der Waals surface area (Å²) in [5.41, 5.74) is -0.704. The molecule has 0 saturated carbocycles. The van der Waals surface area contributed by atoms with E-state index in [1.54, 1.807) is 0 Å². The Morgan fingerprint density at radius 2 is 1.60 bits per heavy atom. The molecule has 0 aromatic heterocycles. The van der Waals surface area contributed by atoms with E-state index in [2.05, 4.69) is 32.3 Å². The molecular weight excluding hydrogens is 328 g/mol. The molecule has 0 aromatic carbocycles. The summed E-state index contributed by atoms with van der Waals surface area (Å²) in [6.07, 6.45) is 3.08. The summed E-state index contributed by atoms with van der Waals surface area (Å²) in [5, 5.41) is 0. The van der Waals surface area contributed by atoms with Crippen LogP contribution in [0, 0.1) is 0 Å². The molecule has 3 amide bonds. The molecule has 0 N–H and O–H groups in total. The van der Waals surface area contributed by atoms with Crippen molar-refractivity contribution in [1.82, 2.24) is 7.85 Å². The number of hydrogen-bond donors (Lipinski definition) is 0. The minimum Gasteiger partial charge on any atom is -0.271 e. The molecule has 15 heavy (non-hydrogen) atoms. The van der Waals surface area contributed by atoms with Gasteiger partial charge in [0.1, 0.15) is 5.54 Å². The Kier molecular flexibility index (Phi) is 4.17. The Balaban J connectivity index is 3.05. The number of amides is 3. The van der Waals surface area contributed by atoms with Crippen LogP contribution in [-0.2, 0) is 4.79 Å². The topological polar surface area (TPSA) is 40.6 Å². The Labute approximate surface area is 107 Å². The molecule has 0 unspecified atom stereocenters. The van der Waals surface area contributed by atoms with Crippen LogP contribution in [0.2, 0.25) is 0 Å². The third kappa shape index (κ3) is 1.93. The van der Waals surface area contributed by atoms with Gasteiger partial charge in [0.2, 0.25) is 0 Å². The van der Waals surface area contributed by atoms with E-state index in [-0.39, 0.29) is 11.9 Å². The Hall–Kier alpha value is -0.100. The first-order chi connectivity index (χ1) is 7.01. The van der Waals surface area contributed by atoms with E-state index in [4.69, 9.17) is 0 Å². The van der Waals surface area contributed by atoms with E-state index in [1.165, 1.54) is 3.93 Å². The van der Waals surface area contributed by atoms with Crippen LogP contribution in [0.1, 0.15) is 39.5 Å². The van der Waals surface area contributed by atoms with Crippen LogP contribution >= 0.6 is 32.3 Å². The Morgan fingerprint density at radius 1 is 1.13 bits per heavy atom. The van der Waals surface area contributed by atoms with Crippen molar-refractivity contribution in [1.29, 1.82) is 0 Å². The van der Waals surface area contributed by atoms with Gasteiger partial charge in [0.25, 0.3) is 5.91 Å². The smallest absolute Gasteiger partial charge is 0.271 e. The zero-order valence-corrected chi connectivity index (χ0v) is 12.0. The SMILES string of the molecule is CCCC1(CCC)C(=O)N(Br)C(=O)N1Br. The van der Waals surface area contributed by atoms with Crippen molar-refractivity contribution >= 4 is 44.2 Å². The molecule has 0 aromatic rings. The molecule has 4 nitrogen and oxygen atoms in total. The van der Waals surface area contributed by atoms with Crippen molar-refractivity contribution in [3.63, 3.8) is 0 Å². The van der Waals surface area contributed by atoms with E-state index >= 15 is 0 Å². The molecule has 0 radical (unpaired) electrons. The number of nitrogens with zero attached hydrogens (tertiary/aromatic N) is 2. The third-order valence-corrected chi connectivity index (χ3v) is 4.22. The van der Waals surface area contributed by atoms with Crippen molar-refractivity contribution in [2.75, 3.05) is 0 Å². The van der Waals surface area contributed by atoms with Crippen molar-refractivity contribution < 1.29 is 9.59 Å². The molecule has 1 fully saturated rings. The summed E-state index contributed by atoms with van der Waals surface area (Å²) in [6.45, 7) is 4.01. The minimum absolute atomic E-state index is 0.173. The number of urea groups is 1. The molecule has 0 aliphatic carbocycles. The van der Waals surface area contributed by atoms with E-state index in [9.17, 15) is 9.59 Å². The van der Waals surface area contributed by atoms with E-state index < -0.39 is 5.54 Å². The highest BCUT2D eigenvalue weighted by atomic mass is 79.9. The second-order valence-electron chi connectivity index (χ2n) is 3.68. The van der Waals surface area contributed by atoms with Gasteiger partial charge in [-0.2, -0.15) is 3.93 Å². The highest BCUT2D eigenvalue weighted by Crippen LogP contribution is 2.39. The fourth-order valence-electron chi connectivity index (χ4n) is 1.98. The van der Waals surface area contributed by atoms with Gasteiger partial charge >= 0.3 is 6.03 Å². The first-order valence-corrected chi connectivity index (χ1v) is 6.43. The molecule has 0 atom stereocenters. The van der Waals surface area contributed by atoms with E-state index in [1.807, 2.05) is 13.8 Å². The number of halogens is 2. The molecule has 1 aliphatic heterocycles. The molecule has 6 heteroatoms. The lowest BCUT2D eigenvalue weighted by Gasteiger charge is -2.29. The quantitative estimate of drug-likeness (QED) is 0.582. The van der Waals surface area contributed by atoms with Crippen molar-refractivity contribution in [2.24, 2.45) is 0 Å². The van der Waals surface area contributed by atoms with Gasteiger partial charge in [-0.3, -0.25) is 4.79 Å². The normalized spacial score (nSPS) is 20.3. The molecular formula is C9H14Br2N2O2. The standard InChI is InChI=1S/C9H14Br2N2O2/c1-3-5-9(6-4-2)7(14)12(10)8(15)13(9)11/h3-6H2,1-2H3. The largest absolute Gasteiger partial charge is 0.348 e. The van der Waals surface area contributed by atoms with Gasteiger partial charge in [-0.05, 0) is 12.8 Å². The first-order valence-electron chi connectivity index (χ1n) is 5.01. The van der Waals surface area contributed by atoms with Gasteiger partial charge in [-0.15, -0.1) is 0 Å². The summed E-state index contributed by atoms with van der Waals surface area (Å²) >= 11 is 6.19. The summed E-state index contributed by atoms with van der Waals surface area (Å²) in [7, 11) is 0.